The zero-order valence-corrected chi connectivity index (χ0v) is 15.0. The summed E-state index contributed by atoms with van der Waals surface area (Å²) < 4.78 is 4.47. The molecule has 1 fully saturated rings. The van der Waals surface area contributed by atoms with E-state index in [9.17, 15) is 0 Å². The third-order valence-corrected chi connectivity index (χ3v) is 5.04. The molecule has 1 unspecified atom stereocenters. The van der Waals surface area contributed by atoms with E-state index in [2.05, 4.69) is 51.1 Å². The molecule has 6 heteroatoms. The van der Waals surface area contributed by atoms with E-state index in [4.69, 9.17) is 0 Å². The van der Waals surface area contributed by atoms with Gasteiger partial charge in [-0.15, -0.1) is 0 Å². The Morgan fingerprint density at radius 1 is 1.43 bits per heavy atom. The van der Waals surface area contributed by atoms with Crippen molar-refractivity contribution in [1.82, 2.24) is 19.2 Å². The van der Waals surface area contributed by atoms with Gasteiger partial charge in [0.1, 0.15) is 5.82 Å². The highest BCUT2D eigenvalue weighted by Crippen LogP contribution is 2.27. The lowest BCUT2D eigenvalue weighted by atomic mass is 10.1. The monoisotopic (exact) mass is 331 g/mol. The second-order valence-electron chi connectivity index (χ2n) is 6.75. The fraction of sp³-hybridized carbons (Fsp3) is 0.588. The lowest BCUT2D eigenvalue weighted by Gasteiger charge is -2.21. The van der Waals surface area contributed by atoms with Crippen molar-refractivity contribution in [2.75, 3.05) is 31.6 Å². The first-order valence-electron chi connectivity index (χ1n) is 8.28. The predicted molar refractivity (Wildman–Crippen MR) is 94.9 cm³/mol. The Morgan fingerprint density at radius 3 is 3.00 bits per heavy atom. The summed E-state index contributed by atoms with van der Waals surface area (Å²) in [5.41, 5.74) is 1.27. The number of hydrogen-bond donors (Lipinski definition) is 0. The molecule has 1 aliphatic rings. The van der Waals surface area contributed by atoms with Crippen molar-refractivity contribution in [3.05, 3.63) is 35.9 Å². The third kappa shape index (κ3) is 4.26. The Labute approximate surface area is 142 Å². The lowest BCUT2D eigenvalue weighted by molar-refractivity contribution is 0.279. The lowest BCUT2D eigenvalue weighted by Crippen LogP contribution is -2.28. The molecule has 0 N–H and O–H groups in total. The molecule has 3 rings (SSSR count). The molecule has 0 radical (unpaired) electrons. The molecule has 1 saturated heterocycles. The second-order valence-corrected chi connectivity index (χ2v) is 7.48. The van der Waals surface area contributed by atoms with Gasteiger partial charge in [-0.25, -0.2) is 4.98 Å². The first-order chi connectivity index (χ1) is 11.1. The van der Waals surface area contributed by atoms with Gasteiger partial charge in [0.15, 0.2) is 0 Å². The van der Waals surface area contributed by atoms with E-state index in [0.717, 1.165) is 37.1 Å². The summed E-state index contributed by atoms with van der Waals surface area (Å²) in [6.45, 7) is 8.54. The van der Waals surface area contributed by atoms with Crippen LogP contribution in [0.5, 0.6) is 0 Å². The van der Waals surface area contributed by atoms with Crippen LogP contribution in [0.1, 0.15) is 37.6 Å². The molecule has 124 valence electrons. The topological polar surface area (TPSA) is 45.2 Å². The number of pyridine rings is 1. The molecule has 0 saturated carbocycles. The Morgan fingerprint density at radius 2 is 2.30 bits per heavy atom. The normalized spacial score (nSPS) is 18.3. The van der Waals surface area contributed by atoms with Crippen LogP contribution in [-0.4, -0.2) is 45.9 Å². The molecule has 0 bridgehead atoms. The fourth-order valence-electron chi connectivity index (χ4n) is 3.05. The highest BCUT2D eigenvalue weighted by atomic mass is 32.1. The van der Waals surface area contributed by atoms with Crippen LogP contribution in [-0.2, 0) is 6.54 Å². The molecule has 1 aliphatic heterocycles. The van der Waals surface area contributed by atoms with E-state index in [1.54, 1.807) is 11.5 Å². The standard InChI is InChI=1S/C17H25N5S/c1-13(2)16-19-17(23-20-16)22-8-6-15(12-22)11-21(3)10-14-5-4-7-18-9-14/h4-5,7,9,13,15H,6,8,10-12H2,1-3H3. The molecule has 0 amide bonds. The number of aromatic nitrogens is 3. The number of nitrogens with zero attached hydrogens (tertiary/aromatic N) is 5. The Balaban J connectivity index is 1.51. The Bertz CT molecular complexity index is 612. The zero-order valence-electron chi connectivity index (χ0n) is 14.1. The van der Waals surface area contributed by atoms with Crippen LogP contribution in [0, 0.1) is 5.92 Å². The van der Waals surface area contributed by atoms with Gasteiger partial charge in [0.2, 0.25) is 5.13 Å². The van der Waals surface area contributed by atoms with Gasteiger partial charge < -0.3 is 9.80 Å². The van der Waals surface area contributed by atoms with E-state index in [1.807, 2.05) is 18.5 Å². The summed E-state index contributed by atoms with van der Waals surface area (Å²) in [6, 6.07) is 4.14. The zero-order chi connectivity index (χ0) is 16.2. The van der Waals surface area contributed by atoms with Crippen molar-refractivity contribution in [1.29, 1.82) is 0 Å². The summed E-state index contributed by atoms with van der Waals surface area (Å²) in [4.78, 5) is 13.7. The van der Waals surface area contributed by atoms with E-state index < -0.39 is 0 Å². The first kappa shape index (κ1) is 16.3. The molecule has 23 heavy (non-hydrogen) atoms. The summed E-state index contributed by atoms with van der Waals surface area (Å²) >= 11 is 1.54. The van der Waals surface area contributed by atoms with Crippen LogP contribution in [0.25, 0.3) is 0 Å². The van der Waals surface area contributed by atoms with Crippen molar-refractivity contribution in [2.24, 2.45) is 5.92 Å². The summed E-state index contributed by atoms with van der Waals surface area (Å²) in [5.74, 6) is 2.08. The SMILES string of the molecule is CC(C)c1nsc(N2CCC(CN(C)Cc3cccnc3)C2)n1. The van der Waals surface area contributed by atoms with Crippen LogP contribution in [0.2, 0.25) is 0 Å². The molecule has 2 aromatic rings. The summed E-state index contributed by atoms with van der Waals surface area (Å²) in [7, 11) is 2.19. The van der Waals surface area contributed by atoms with Crippen LogP contribution < -0.4 is 4.90 Å². The highest BCUT2D eigenvalue weighted by Gasteiger charge is 2.26. The quantitative estimate of drug-likeness (QED) is 0.814. The number of anilines is 1. The van der Waals surface area contributed by atoms with Crippen LogP contribution in [0.15, 0.2) is 24.5 Å². The average molecular weight is 331 g/mol. The molecule has 1 atom stereocenters. The maximum atomic E-state index is 4.68. The van der Waals surface area contributed by atoms with Crippen molar-refractivity contribution in [3.63, 3.8) is 0 Å². The predicted octanol–water partition coefficient (Wildman–Crippen LogP) is 3.01. The van der Waals surface area contributed by atoms with Gasteiger partial charge in [-0.05, 0) is 31.0 Å². The van der Waals surface area contributed by atoms with Crippen LogP contribution in [0.3, 0.4) is 0 Å². The van der Waals surface area contributed by atoms with Crippen molar-refractivity contribution in [2.45, 2.75) is 32.7 Å². The Hall–Kier alpha value is -1.53. The minimum absolute atomic E-state index is 0.406. The van der Waals surface area contributed by atoms with E-state index in [0.29, 0.717) is 11.8 Å². The van der Waals surface area contributed by atoms with E-state index in [1.165, 1.54) is 12.0 Å². The van der Waals surface area contributed by atoms with Crippen molar-refractivity contribution < 1.29 is 0 Å². The minimum Gasteiger partial charge on any atom is -0.347 e. The van der Waals surface area contributed by atoms with Crippen molar-refractivity contribution >= 4 is 16.7 Å². The molecule has 0 aromatic carbocycles. The fourth-order valence-corrected chi connectivity index (χ4v) is 3.90. The minimum atomic E-state index is 0.406. The molecule has 3 heterocycles. The number of hydrogen-bond acceptors (Lipinski definition) is 6. The van der Waals surface area contributed by atoms with E-state index in [-0.39, 0.29) is 0 Å². The molecule has 5 nitrogen and oxygen atoms in total. The van der Waals surface area contributed by atoms with E-state index >= 15 is 0 Å². The van der Waals surface area contributed by atoms with Crippen LogP contribution >= 0.6 is 11.5 Å². The first-order valence-corrected chi connectivity index (χ1v) is 9.05. The van der Waals surface area contributed by atoms with Gasteiger partial charge in [0.05, 0.1) is 0 Å². The maximum Gasteiger partial charge on any atom is 0.205 e. The largest absolute Gasteiger partial charge is 0.347 e. The molecular formula is C17H25N5S. The molecule has 2 aromatic heterocycles. The Kier molecular flexibility index (Phi) is 5.23. The highest BCUT2D eigenvalue weighted by molar-refractivity contribution is 7.09. The van der Waals surface area contributed by atoms with Gasteiger partial charge in [0, 0.05) is 56.0 Å². The maximum absolute atomic E-state index is 4.68. The van der Waals surface area contributed by atoms with Gasteiger partial charge in [-0.1, -0.05) is 19.9 Å². The second kappa shape index (κ2) is 7.36. The summed E-state index contributed by atoms with van der Waals surface area (Å²) in [6.07, 6.45) is 5.01. The number of rotatable bonds is 6. The van der Waals surface area contributed by atoms with Crippen molar-refractivity contribution in [3.8, 4) is 0 Å². The average Bonchev–Trinajstić information content (AvgIpc) is 3.16. The third-order valence-electron chi connectivity index (χ3n) is 4.25. The molecule has 0 spiro atoms. The van der Waals surface area contributed by atoms with Gasteiger partial charge in [-0.2, -0.15) is 4.37 Å². The smallest absolute Gasteiger partial charge is 0.205 e. The van der Waals surface area contributed by atoms with Gasteiger partial charge in [-0.3, -0.25) is 4.98 Å². The molecular weight excluding hydrogens is 306 g/mol. The van der Waals surface area contributed by atoms with Gasteiger partial charge in [0.25, 0.3) is 0 Å². The van der Waals surface area contributed by atoms with Crippen LogP contribution in [0.4, 0.5) is 5.13 Å². The van der Waals surface area contributed by atoms with Gasteiger partial charge >= 0.3 is 0 Å². The summed E-state index contributed by atoms with van der Waals surface area (Å²) in [5, 5.41) is 1.09. The molecule has 0 aliphatic carbocycles.